The quantitative estimate of drug-likeness (QED) is 0.586. The summed E-state index contributed by atoms with van der Waals surface area (Å²) in [4.78, 5) is 24.5. The van der Waals surface area contributed by atoms with E-state index >= 15 is 0 Å². The minimum Gasteiger partial charge on any atom is -0.464 e. The summed E-state index contributed by atoms with van der Waals surface area (Å²) >= 11 is 1.40. The Morgan fingerprint density at radius 1 is 1.30 bits per heavy atom. The number of halogens is 2. The van der Waals surface area contributed by atoms with E-state index in [1.165, 1.54) is 11.3 Å². The normalized spacial score (nSPS) is 21.1. The Hall–Kier alpha value is -2.13. The molecule has 1 aliphatic heterocycles. The molecule has 3 heterocycles. The smallest absolute Gasteiger partial charge is 0.273 e. The minimum absolute atomic E-state index is 0.0788. The molecule has 0 saturated heterocycles. The zero-order chi connectivity index (χ0) is 23.2. The molecule has 1 saturated carbocycles. The molecule has 1 amide bonds. The van der Waals surface area contributed by atoms with Crippen LogP contribution in [0.1, 0.15) is 53.8 Å². The van der Waals surface area contributed by atoms with Crippen LogP contribution >= 0.6 is 11.3 Å². The Kier molecular flexibility index (Phi) is 8.25. The van der Waals surface area contributed by atoms with E-state index in [1.807, 2.05) is 13.0 Å². The molecule has 0 atom stereocenters. The summed E-state index contributed by atoms with van der Waals surface area (Å²) in [5, 5.41) is 3.56. The van der Waals surface area contributed by atoms with E-state index < -0.39 is 13.0 Å². The number of aryl methyl sites for hydroxylation is 1. The summed E-state index contributed by atoms with van der Waals surface area (Å²) in [6.45, 7) is 4.15. The molecule has 6 nitrogen and oxygen atoms in total. The molecule has 0 unspecified atom stereocenters. The van der Waals surface area contributed by atoms with Crippen LogP contribution in [0.15, 0.2) is 18.5 Å². The van der Waals surface area contributed by atoms with E-state index in [0.717, 1.165) is 79.9 Å². The van der Waals surface area contributed by atoms with Gasteiger partial charge in [-0.05, 0) is 69.0 Å². The van der Waals surface area contributed by atoms with Gasteiger partial charge < -0.3 is 10.1 Å². The predicted octanol–water partition coefficient (Wildman–Crippen LogP) is 4.16. The van der Waals surface area contributed by atoms with Gasteiger partial charge in [0.1, 0.15) is 0 Å². The summed E-state index contributed by atoms with van der Waals surface area (Å²) < 4.78 is 29.8. The average Bonchev–Trinajstić information content (AvgIpc) is 3.19. The van der Waals surface area contributed by atoms with Crippen molar-refractivity contribution in [3.05, 3.63) is 40.2 Å². The SMILES string of the molecule is Cc1cncc(CC(=O)NC2CCC(CCN3CCc4sc(OCC(F)F)nc4C3)CC2)c1. The first-order chi connectivity index (χ1) is 15.9. The largest absolute Gasteiger partial charge is 0.464 e. The maximum absolute atomic E-state index is 12.4. The molecule has 0 bridgehead atoms. The number of aromatic nitrogens is 2. The molecule has 180 valence electrons. The van der Waals surface area contributed by atoms with E-state index in [4.69, 9.17) is 4.74 Å². The number of ether oxygens (including phenoxy) is 1. The number of thiazole rings is 1. The fraction of sp³-hybridized carbons (Fsp3) is 0.625. The van der Waals surface area contributed by atoms with Crippen LogP contribution in [0.4, 0.5) is 8.78 Å². The highest BCUT2D eigenvalue weighted by Crippen LogP contribution is 2.31. The van der Waals surface area contributed by atoms with Crippen molar-refractivity contribution in [3.8, 4) is 5.19 Å². The molecular weight excluding hydrogens is 446 g/mol. The molecule has 2 aliphatic rings. The second-order valence-electron chi connectivity index (χ2n) is 9.20. The van der Waals surface area contributed by atoms with Crippen LogP contribution in [-0.2, 0) is 24.2 Å². The van der Waals surface area contributed by atoms with Gasteiger partial charge >= 0.3 is 0 Å². The first kappa shape index (κ1) is 24.0. The number of rotatable bonds is 9. The van der Waals surface area contributed by atoms with Crippen LogP contribution in [0, 0.1) is 12.8 Å². The summed E-state index contributed by atoms with van der Waals surface area (Å²) in [5.74, 6) is 0.760. The maximum atomic E-state index is 12.4. The molecule has 1 fully saturated rings. The number of nitrogens with one attached hydrogen (secondary N) is 1. The number of carbonyl (C=O) groups is 1. The fourth-order valence-electron chi connectivity index (χ4n) is 4.75. The molecule has 4 rings (SSSR count). The Morgan fingerprint density at radius 3 is 2.88 bits per heavy atom. The van der Waals surface area contributed by atoms with Crippen LogP contribution in [0.2, 0.25) is 0 Å². The van der Waals surface area contributed by atoms with Crippen LogP contribution in [0.25, 0.3) is 0 Å². The lowest BCUT2D eigenvalue weighted by molar-refractivity contribution is -0.121. The summed E-state index contributed by atoms with van der Waals surface area (Å²) in [5.41, 5.74) is 3.01. The van der Waals surface area contributed by atoms with Gasteiger partial charge in [-0.1, -0.05) is 17.4 Å². The Morgan fingerprint density at radius 2 is 2.12 bits per heavy atom. The lowest BCUT2D eigenvalue weighted by Crippen LogP contribution is -2.39. The third-order valence-corrected chi connectivity index (χ3v) is 7.55. The highest BCUT2D eigenvalue weighted by molar-refractivity contribution is 7.13. The van der Waals surface area contributed by atoms with E-state index in [2.05, 4.69) is 20.2 Å². The lowest BCUT2D eigenvalue weighted by Gasteiger charge is -2.32. The standard InChI is InChI=1S/C24H32F2N4O2S/c1-16-10-18(13-27-12-16)11-23(31)28-19-4-2-17(3-5-19)6-8-30-9-7-21-20(14-30)29-24(33-21)32-15-22(25)26/h10,12-13,17,19,22H,2-9,11,14-15H2,1H3,(H,28,31). The van der Waals surface area contributed by atoms with E-state index in [1.54, 1.807) is 12.4 Å². The van der Waals surface area contributed by atoms with Gasteiger partial charge in [-0.15, -0.1) is 0 Å². The third-order valence-electron chi connectivity index (χ3n) is 6.48. The number of hydrogen-bond donors (Lipinski definition) is 1. The molecule has 1 N–H and O–H groups in total. The van der Waals surface area contributed by atoms with Crippen molar-refractivity contribution in [1.29, 1.82) is 0 Å². The summed E-state index contributed by atoms with van der Waals surface area (Å²) in [7, 11) is 0. The molecular formula is C24H32F2N4O2S. The van der Waals surface area contributed by atoms with E-state index in [9.17, 15) is 13.6 Å². The van der Waals surface area contributed by atoms with Crippen molar-refractivity contribution < 1.29 is 18.3 Å². The number of nitrogens with zero attached hydrogens (tertiary/aromatic N) is 3. The van der Waals surface area contributed by atoms with Gasteiger partial charge in [0.2, 0.25) is 5.91 Å². The highest BCUT2D eigenvalue weighted by Gasteiger charge is 2.25. The third kappa shape index (κ3) is 7.17. The number of pyridine rings is 1. The summed E-state index contributed by atoms with van der Waals surface area (Å²) in [6, 6.07) is 2.28. The topological polar surface area (TPSA) is 67.4 Å². The number of amides is 1. The molecule has 0 aromatic carbocycles. The average molecular weight is 479 g/mol. The summed E-state index contributed by atoms with van der Waals surface area (Å²) in [6.07, 6.45) is 7.85. The minimum atomic E-state index is -2.48. The highest BCUT2D eigenvalue weighted by atomic mass is 32.1. The van der Waals surface area contributed by atoms with Gasteiger partial charge in [-0.3, -0.25) is 14.7 Å². The Balaban J connectivity index is 1.15. The van der Waals surface area contributed by atoms with Crippen molar-refractivity contribution in [1.82, 2.24) is 20.2 Å². The van der Waals surface area contributed by atoms with Gasteiger partial charge in [0, 0.05) is 36.4 Å². The number of carbonyl (C=O) groups excluding carboxylic acids is 1. The van der Waals surface area contributed by atoms with Crippen molar-refractivity contribution in [2.24, 2.45) is 5.92 Å². The molecule has 0 spiro atoms. The number of hydrogen-bond acceptors (Lipinski definition) is 6. The second-order valence-corrected chi connectivity index (χ2v) is 10.2. The van der Waals surface area contributed by atoms with Crippen molar-refractivity contribution >= 4 is 17.2 Å². The zero-order valence-corrected chi connectivity index (χ0v) is 19.9. The monoisotopic (exact) mass is 478 g/mol. The molecule has 2 aromatic rings. The van der Waals surface area contributed by atoms with Crippen LogP contribution in [0.3, 0.4) is 0 Å². The molecule has 0 radical (unpaired) electrons. The first-order valence-electron chi connectivity index (χ1n) is 11.8. The molecule has 33 heavy (non-hydrogen) atoms. The van der Waals surface area contributed by atoms with Gasteiger partial charge in [-0.2, -0.15) is 0 Å². The van der Waals surface area contributed by atoms with Crippen LogP contribution in [0.5, 0.6) is 5.19 Å². The predicted molar refractivity (Wildman–Crippen MR) is 124 cm³/mol. The van der Waals surface area contributed by atoms with Crippen LogP contribution < -0.4 is 10.1 Å². The second kappa shape index (κ2) is 11.3. The first-order valence-corrected chi connectivity index (χ1v) is 12.6. The van der Waals surface area contributed by atoms with Crippen molar-refractivity contribution in [2.75, 3.05) is 19.7 Å². The lowest BCUT2D eigenvalue weighted by atomic mass is 9.84. The maximum Gasteiger partial charge on any atom is 0.273 e. The van der Waals surface area contributed by atoms with E-state index in [0.29, 0.717) is 17.5 Å². The van der Waals surface area contributed by atoms with Gasteiger partial charge in [-0.25, -0.2) is 13.8 Å². The molecule has 1 aliphatic carbocycles. The molecule has 9 heteroatoms. The van der Waals surface area contributed by atoms with Crippen molar-refractivity contribution in [2.45, 2.75) is 70.9 Å². The number of alkyl halides is 2. The zero-order valence-electron chi connectivity index (χ0n) is 19.1. The van der Waals surface area contributed by atoms with Gasteiger partial charge in [0.25, 0.3) is 11.6 Å². The number of fused-ring (bicyclic) bond motifs is 1. The Labute approximate surface area is 197 Å². The van der Waals surface area contributed by atoms with Gasteiger partial charge in [0.05, 0.1) is 12.1 Å². The van der Waals surface area contributed by atoms with E-state index in [-0.39, 0.29) is 11.9 Å². The van der Waals surface area contributed by atoms with Crippen molar-refractivity contribution in [3.63, 3.8) is 0 Å². The molecule has 2 aromatic heterocycles. The van der Waals surface area contributed by atoms with Gasteiger partial charge in [0.15, 0.2) is 6.61 Å². The fourth-order valence-corrected chi connectivity index (χ4v) is 5.67. The Bertz CT molecular complexity index is 931. The van der Waals surface area contributed by atoms with Crippen LogP contribution in [-0.4, -0.2) is 52.9 Å².